The van der Waals surface area contributed by atoms with Crippen LogP contribution < -0.4 is 0 Å². The van der Waals surface area contributed by atoms with Crippen molar-refractivity contribution in [3.8, 4) is 0 Å². The van der Waals surface area contributed by atoms with Crippen LogP contribution in [0.5, 0.6) is 0 Å². The highest BCUT2D eigenvalue weighted by molar-refractivity contribution is 7.05. The number of rotatable bonds is 7. The maximum Gasteiger partial charge on any atom is 0.0826 e. The van der Waals surface area contributed by atoms with E-state index in [4.69, 9.17) is 0 Å². The Morgan fingerprint density at radius 3 is 2.89 bits per heavy atom. The van der Waals surface area contributed by atoms with E-state index in [9.17, 15) is 0 Å². The number of nitrogens with zero attached hydrogens (tertiary/aromatic N) is 5. The molecular weight excluding hydrogens is 258 g/mol. The number of aromatic nitrogens is 4. The molecule has 2 aromatic heterocycles. The van der Waals surface area contributed by atoms with Crippen molar-refractivity contribution in [2.75, 3.05) is 13.1 Å². The number of hydrogen-bond acceptors (Lipinski definition) is 5. The van der Waals surface area contributed by atoms with Gasteiger partial charge >= 0.3 is 0 Å². The van der Waals surface area contributed by atoms with Gasteiger partial charge in [-0.2, -0.15) is 5.10 Å². The van der Waals surface area contributed by atoms with Crippen LogP contribution >= 0.6 is 11.5 Å². The average molecular weight is 279 g/mol. The van der Waals surface area contributed by atoms with Gasteiger partial charge in [-0.1, -0.05) is 25.3 Å². The Morgan fingerprint density at radius 1 is 1.42 bits per heavy atom. The normalized spacial score (nSPS) is 11.6. The van der Waals surface area contributed by atoms with Crippen LogP contribution in [0.15, 0.2) is 18.5 Å². The lowest BCUT2D eigenvalue weighted by Crippen LogP contribution is -2.27. The van der Waals surface area contributed by atoms with Gasteiger partial charge in [-0.05, 0) is 30.1 Å². The van der Waals surface area contributed by atoms with Gasteiger partial charge < -0.3 is 0 Å². The molecule has 0 unspecified atom stereocenters. The maximum absolute atomic E-state index is 4.24. The second-order valence-electron chi connectivity index (χ2n) is 4.87. The molecule has 2 aromatic rings. The van der Waals surface area contributed by atoms with E-state index in [1.165, 1.54) is 16.4 Å². The SMILES string of the molecule is CCN(CCn1cccn1)Cc1snnc1C(C)C. The molecule has 0 amide bonds. The molecule has 2 heterocycles. The first-order valence-electron chi connectivity index (χ1n) is 6.71. The van der Waals surface area contributed by atoms with Gasteiger partial charge in [0.2, 0.25) is 0 Å². The van der Waals surface area contributed by atoms with Crippen molar-refractivity contribution < 1.29 is 0 Å². The topological polar surface area (TPSA) is 46.8 Å². The minimum absolute atomic E-state index is 0.443. The molecular formula is C13H21N5S. The fourth-order valence-electron chi connectivity index (χ4n) is 1.99. The van der Waals surface area contributed by atoms with Gasteiger partial charge in [-0.25, -0.2) is 0 Å². The smallest absolute Gasteiger partial charge is 0.0826 e. The summed E-state index contributed by atoms with van der Waals surface area (Å²) < 4.78 is 6.06. The van der Waals surface area contributed by atoms with Gasteiger partial charge in [0, 0.05) is 25.5 Å². The van der Waals surface area contributed by atoms with E-state index >= 15 is 0 Å². The summed E-state index contributed by atoms with van der Waals surface area (Å²) >= 11 is 1.52. The monoisotopic (exact) mass is 279 g/mol. The predicted molar refractivity (Wildman–Crippen MR) is 77.2 cm³/mol. The van der Waals surface area contributed by atoms with Gasteiger partial charge in [0.1, 0.15) is 0 Å². The molecule has 0 saturated carbocycles. The molecule has 0 bridgehead atoms. The Bertz CT molecular complexity index is 477. The van der Waals surface area contributed by atoms with Crippen molar-refractivity contribution in [3.63, 3.8) is 0 Å². The van der Waals surface area contributed by atoms with Crippen molar-refractivity contribution in [3.05, 3.63) is 29.0 Å². The Labute approximate surface area is 118 Å². The Hall–Kier alpha value is -1.27. The van der Waals surface area contributed by atoms with E-state index < -0.39 is 0 Å². The third-order valence-corrected chi connectivity index (χ3v) is 3.87. The van der Waals surface area contributed by atoms with E-state index in [1.54, 1.807) is 0 Å². The third kappa shape index (κ3) is 3.84. The number of likely N-dealkylation sites (N-methyl/N-ethyl adjacent to an activating group) is 1. The Balaban J connectivity index is 1.93. The third-order valence-electron chi connectivity index (χ3n) is 3.15. The van der Waals surface area contributed by atoms with Crippen LogP contribution in [-0.2, 0) is 13.1 Å². The molecule has 0 N–H and O–H groups in total. The summed E-state index contributed by atoms with van der Waals surface area (Å²) in [5.41, 5.74) is 1.14. The lowest BCUT2D eigenvalue weighted by atomic mass is 10.1. The van der Waals surface area contributed by atoms with Gasteiger partial charge in [0.05, 0.1) is 17.1 Å². The molecule has 5 nitrogen and oxygen atoms in total. The minimum Gasteiger partial charge on any atom is -0.297 e. The van der Waals surface area contributed by atoms with Crippen LogP contribution in [0.2, 0.25) is 0 Å². The highest BCUT2D eigenvalue weighted by Crippen LogP contribution is 2.21. The maximum atomic E-state index is 4.24. The van der Waals surface area contributed by atoms with Crippen molar-refractivity contribution in [2.45, 2.75) is 39.8 Å². The van der Waals surface area contributed by atoms with Crippen LogP contribution in [-0.4, -0.2) is 37.4 Å². The van der Waals surface area contributed by atoms with Gasteiger partial charge in [0.15, 0.2) is 0 Å². The van der Waals surface area contributed by atoms with Crippen molar-refractivity contribution in [1.29, 1.82) is 0 Å². The number of hydrogen-bond donors (Lipinski definition) is 0. The first kappa shape index (κ1) is 14.1. The molecule has 0 aromatic carbocycles. The highest BCUT2D eigenvalue weighted by atomic mass is 32.1. The largest absolute Gasteiger partial charge is 0.297 e. The molecule has 0 aliphatic rings. The second kappa shape index (κ2) is 6.77. The molecule has 19 heavy (non-hydrogen) atoms. The first-order chi connectivity index (χ1) is 9.20. The minimum atomic E-state index is 0.443. The predicted octanol–water partition coefficient (Wildman–Crippen LogP) is 2.38. The molecule has 0 saturated heterocycles. The van der Waals surface area contributed by atoms with Crippen LogP contribution in [0.25, 0.3) is 0 Å². The molecule has 0 spiro atoms. The summed E-state index contributed by atoms with van der Waals surface area (Å²) in [5.74, 6) is 0.443. The zero-order chi connectivity index (χ0) is 13.7. The van der Waals surface area contributed by atoms with Crippen LogP contribution in [0.4, 0.5) is 0 Å². The molecule has 0 radical (unpaired) electrons. The molecule has 2 rings (SSSR count). The van der Waals surface area contributed by atoms with E-state index in [0.29, 0.717) is 5.92 Å². The van der Waals surface area contributed by atoms with Crippen molar-refractivity contribution >= 4 is 11.5 Å². The van der Waals surface area contributed by atoms with Crippen molar-refractivity contribution in [1.82, 2.24) is 24.3 Å². The quantitative estimate of drug-likeness (QED) is 0.780. The van der Waals surface area contributed by atoms with Gasteiger partial charge in [-0.3, -0.25) is 9.58 Å². The summed E-state index contributed by atoms with van der Waals surface area (Å²) in [5, 5.41) is 8.47. The fourth-order valence-corrected chi connectivity index (χ4v) is 2.83. The van der Waals surface area contributed by atoms with E-state index in [-0.39, 0.29) is 0 Å². The van der Waals surface area contributed by atoms with Crippen LogP contribution in [0.1, 0.15) is 37.3 Å². The molecule has 0 fully saturated rings. The lowest BCUT2D eigenvalue weighted by molar-refractivity contribution is 0.264. The van der Waals surface area contributed by atoms with Crippen LogP contribution in [0.3, 0.4) is 0 Å². The van der Waals surface area contributed by atoms with Gasteiger partial charge in [-0.15, -0.1) is 5.10 Å². The van der Waals surface area contributed by atoms with Crippen molar-refractivity contribution in [2.24, 2.45) is 0 Å². The van der Waals surface area contributed by atoms with Crippen LogP contribution in [0, 0.1) is 0 Å². The molecule has 104 valence electrons. The van der Waals surface area contributed by atoms with E-state index in [0.717, 1.165) is 31.9 Å². The Kier molecular flexibility index (Phi) is 5.04. The summed E-state index contributed by atoms with van der Waals surface area (Å²) in [7, 11) is 0. The van der Waals surface area contributed by atoms with Gasteiger partial charge in [0.25, 0.3) is 0 Å². The summed E-state index contributed by atoms with van der Waals surface area (Å²) in [6, 6.07) is 1.96. The summed E-state index contributed by atoms with van der Waals surface area (Å²) in [4.78, 5) is 3.69. The zero-order valence-electron chi connectivity index (χ0n) is 11.8. The molecule has 0 atom stereocenters. The standard InChI is InChI=1S/C13H21N5S/c1-4-17(8-9-18-7-5-6-14-18)10-12-13(11(2)3)15-16-19-12/h5-7,11H,4,8-10H2,1-3H3. The van der Waals surface area contributed by atoms with E-state index in [1.807, 2.05) is 23.1 Å². The van der Waals surface area contributed by atoms with E-state index in [2.05, 4.69) is 40.4 Å². The lowest BCUT2D eigenvalue weighted by Gasteiger charge is -2.20. The fraction of sp³-hybridized carbons (Fsp3) is 0.615. The molecule has 6 heteroatoms. The summed E-state index contributed by atoms with van der Waals surface area (Å²) in [6.07, 6.45) is 3.82. The average Bonchev–Trinajstić information content (AvgIpc) is 3.05. The molecule has 0 aliphatic carbocycles. The zero-order valence-corrected chi connectivity index (χ0v) is 12.6. The second-order valence-corrected chi connectivity index (χ2v) is 5.71. The highest BCUT2D eigenvalue weighted by Gasteiger charge is 2.14. The summed E-state index contributed by atoms with van der Waals surface area (Å²) in [6.45, 7) is 10.4. The Morgan fingerprint density at radius 2 is 2.26 bits per heavy atom. The molecule has 0 aliphatic heterocycles. The first-order valence-corrected chi connectivity index (χ1v) is 7.49.